The molecule has 0 unspecified atom stereocenters. The van der Waals surface area contributed by atoms with Gasteiger partial charge < -0.3 is 9.47 Å². The Morgan fingerprint density at radius 2 is 1.64 bits per heavy atom. The van der Waals surface area contributed by atoms with Crippen LogP contribution in [-0.2, 0) is 19.5 Å². The van der Waals surface area contributed by atoms with Gasteiger partial charge in [0.2, 0.25) is 0 Å². The summed E-state index contributed by atoms with van der Waals surface area (Å²) in [7, 11) is -2.84. The molecule has 0 spiro atoms. The molecule has 0 atom stereocenters. The van der Waals surface area contributed by atoms with Crippen LogP contribution in [0.2, 0.25) is 0 Å². The number of ether oxygens (including phenoxy) is 2. The Morgan fingerprint density at radius 3 is 2.24 bits per heavy atom. The molecule has 2 rings (SSSR count). The number of rotatable bonds is 6. The number of nitrogens with one attached hydrogen (secondary N) is 1. The normalized spacial score (nSPS) is 10.8. The van der Waals surface area contributed by atoms with Crippen molar-refractivity contribution in [3.8, 4) is 0 Å². The summed E-state index contributed by atoms with van der Waals surface area (Å²) in [6, 6.07) is 11.5. The SMILES string of the molecule is CCOC(=O)c1ccc(NS(=O)(=O)c2ccccc2C(=O)OC)cc1. The fourth-order valence-electron chi connectivity index (χ4n) is 2.08. The van der Waals surface area contributed by atoms with E-state index in [9.17, 15) is 18.0 Å². The summed E-state index contributed by atoms with van der Waals surface area (Å²) < 4.78 is 36.9. The van der Waals surface area contributed by atoms with Crippen LogP contribution in [0.5, 0.6) is 0 Å². The number of carbonyl (C=O) groups is 2. The van der Waals surface area contributed by atoms with Gasteiger partial charge in [0.15, 0.2) is 0 Å². The van der Waals surface area contributed by atoms with Crippen LogP contribution in [0.1, 0.15) is 27.6 Å². The molecule has 8 heteroatoms. The number of hydrogen-bond acceptors (Lipinski definition) is 6. The van der Waals surface area contributed by atoms with Crippen LogP contribution < -0.4 is 4.72 Å². The van der Waals surface area contributed by atoms with Gasteiger partial charge in [-0.05, 0) is 43.3 Å². The highest BCUT2D eigenvalue weighted by Crippen LogP contribution is 2.21. The molecule has 0 amide bonds. The molecule has 0 radical (unpaired) electrons. The molecule has 2 aromatic carbocycles. The number of carbonyl (C=O) groups excluding carboxylic acids is 2. The highest BCUT2D eigenvalue weighted by atomic mass is 32.2. The van der Waals surface area contributed by atoms with Gasteiger partial charge in [-0.1, -0.05) is 12.1 Å². The summed E-state index contributed by atoms with van der Waals surface area (Å²) in [5.74, 6) is -1.24. The lowest BCUT2D eigenvalue weighted by atomic mass is 10.2. The van der Waals surface area contributed by atoms with E-state index >= 15 is 0 Å². The highest BCUT2D eigenvalue weighted by molar-refractivity contribution is 7.92. The average Bonchev–Trinajstić information content (AvgIpc) is 2.61. The second-order valence-electron chi connectivity index (χ2n) is 4.89. The molecule has 0 aromatic heterocycles. The predicted octanol–water partition coefficient (Wildman–Crippen LogP) is 2.45. The summed E-state index contributed by atoms with van der Waals surface area (Å²) in [5.41, 5.74) is 0.480. The molecular formula is C17H17NO6S. The minimum absolute atomic E-state index is 0.0688. The number of hydrogen-bond donors (Lipinski definition) is 1. The van der Waals surface area contributed by atoms with Crippen molar-refractivity contribution >= 4 is 27.6 Å². The third-order valence-corrected chi connectivity index (χ3v) is 4.67. The van der Waals surface area contributed by atoms with Gasteiger partial charge >= 0.3 is 11.9 Å². The molecule has 25 heavy (non-hydrogen) atoms. The van der Waals surface area contributed by atoms with Crippen molar-refractivity contribution in [2.45, 2.75) is 11.8 Å². The molecule has 0 aliphatic rings. The molecule has 1 N–H and O–H groups in total. The zero-order valence-corrected chi connectivity index (χ0v) is 14.5. The highest BCUT2D eigenvalue weighted by Gasteiger charge is 2.22. The van der Waals surface area contributed by atoms with Crippen molar-refractivity contribution in [3.63, 3.8) is 0 Å². The van der Waals surface area contributed by atoms with Gasteiger partial charge in [0, 0.05) is 5.69 Å². The van der Waals surface area contributed by atoms with E-state index in [0.717, 1.165) is 0 Å². The van der Waals surface area contributed by atoms with Crippen molar-refractivity contribution < 1.29 is 27.5 Å². The molecule has 0 saturated heterocycles. The van der Waals surface area contributed by atoms with Crippen LogP contribution >= 0.6 is 0 Å². The topological polar surface area (TPSA) is 98.8 Å². The minimum Gasteiger partial charge on any atom is -0.465 e. The van der Waals surface area contributed by atoms with Crippen LogP contribution in [0.3, 0.4) is 0 Å². The first kappa shape index (κ1) is 18.5. The zero-order chi connectivity index (χ0) is 18.4. The van der Waals surface area contributed by atoms with Gasteiger partial charge in [0.05, 0.1) is 24.8 Å². The molecule has 0 fully saturated rings. The second-order valence-corrected chi connectivity index (χ2v) is 6.54. The number of anilines is 1. The first-order valence-electron chi connectivity index (χ1n) is 7.36. The maximum atomic E-state index is 12.6. The van der Waals surface area contributed by atoms with Crippen LogP contribution in [0.15, 0.2) is 53.4 Å². The van der Waals surface area contributed by atoms with E-state index in [1.807, 2.05) is 0 Å². The lowest BCUT2D eigenvalue weighted by Crippen LogP contribution is -2.17. The van der Waals surface area contributed by atoms with E-state index in [1.54, 1.807) is 13.0 Å². The number of methoxy groups -OCH3 is 1. The Morgan fingerprint density at radius 1 is 1.00 bits per heavy atom. The fourth-order valence-corrected chi connectivity index (χ4v) is 3.33. The molecule has 0 aliphatic carbocycles. The summed E-state index contributed by atoms with van der Waals surface area (Å²) >= 11 is 0. The second kappa shape index (κ2) is 7.80. The van der Waals surface area contributed by atoms with Crippen LogP contribution in [0, 0.1) is 0 Å². The van der Waals surface area contributed by atoms with Gasteiger partial charge in [0.1, 0.15) is 4.90 Å². The van der Waals surface area contributed by atoms with Crippen molar-refractivity contribution in [2.75, 3.05) is 18.4 Å². The summed E-state index contributed by atoms with van der Waals surface area (Å²) in [6.45, 7) is 1.94. The number of benzene rings is 2. The smallest absolute Gasteiger partial charge is 0.339 e. The maximum absolute atomic E-state index is 12.6. The van der Waals surface area contributed by atoms with E-state index in [1.165, 1.54) is 49.6 Å². The van der Waals surface area contributed by atoms with E-state index in [4.69, 9.17) is 4.74 Å². The Labute approximate surface area is 145 Å². The molecule has 0 bridgehead atoms. The standard InChI is InChI=1S/C17H17NO6S/c1-3-24-16(19)12-8-10-13(11-9-12)18-25(21,22)15-7-5-4-6-14(15)17(20)23-2/h4-11,18H,3H2,1-2H3. The van der Waals surface area contributed by atoms with Crippen LogP contribution in [-0.4, -0.2) is 34.1 Å². The Hall–Kier alpha value is -2.87. The van der Waals surface area contributed by atoms with Gasteiger partial charge in [-0.2, -0.15) is 0 Å². The van der Waals surface area contributed by atoms with E-state index in [2.05, 4.69) is 9.46 Å². The maximum Gasteiger partial charge on any atom is 0.339 e. The fraction of sp³-hybridized carbons (Fsp3) is 0.176. The molecule has 7 nitrogen and oxygen atoms in total. The van der Waals surface area contributed by atoms with Gasteiger partial charge in [-0.3, -0.25) is 4.72 Å². The number of esters is 2. The molecular weight excluding hydrogens is 346 g/mol. The Kier molecular flexibility index (Phi) is 5.76. The third-order valence-electron chi connectivity index (χ3n) is 3.23. The van der Waals surface area contributed by atoms with Gasteiger partial charge in [-0.25, -0.2) is 18.0 Å². The van der Waals surface area contributed by atoms with Crippen molar-refractivity contribution in [3.05, 3.63) is 59.7 Å². The minimum atomic E-state index is -4.01. The molecule has 0 aliphatic heterocycles. The van der Waals surface area contributed by atoms with Crippen molar-refractivity contribution in [1.82, 2.24) is 0 Å². The van der Waals surface area contributed by atoms with Crippen molar-refractivity contribution in [2.24, 2.45) is 0 Å². The lowest BCUT2D eigenvalue weighted by Gasteiger charge is -2.11. The zero-order valence-electron chi connectivity index (χ0n) is 13.7. The van der Waals surface area contributed by atoms with E-state index in [-0.39, 0.29) is 22.8 Å². The molecule has 0 heterocycles. The van der Waals surface area contributed by atoms with E-state index < -0.39 is 22.0 Å². The van der Waals surface area contributed by atoms with Crippen LogP contribution in [0.4, 0.5) is 5.69 Å². The predicted molar refractivity (Wildman–Crippen MR) is 91.0 cm³/mol. The first-order valence-corrected chi connectivity index (χ1v) is 8.84. The molecule has 2 aromatic rings. The summed E-state index contributed by atoms with van der Waals surface area (Å²) in [4.78, 5) is 23.2. The lowest BCUT2D eigenvalue weighted by molar-refractivity contribution is 0.0525. The molecule has 0 saturated carbocycles. The Bertz CT molecular complexity index is 874. The van der Waals surface area contributed by atoms with Crippen LogP contribution in [0.25, 0.3) is 0 Å². The largest absolute Gasteiger partial charge is 0.465 e. The quantitative estimate of drug-likeness (QED) is 0.792. The summed E-state index contributed by atoms with van der Waals surface area (Å²) in [5, 5.41) is 0. The van der Waals surface area contributed by atoms with E-state index in [0.29, 0.717) is 5.56 Å². The van der Waals surface area contributed by atoms with Crippen molar-refractivity contribution in [1.29, 1.82) is 0 Å². The van der Waals surface area contributed by atoms with Gasteiger partial charge in [0.25, 0.3) is 10.0 Å². The Balaban J connectivity index is 2.28. The first-order chi connectivity index (χ1) is 11.9. The average molecular weight is 363 g/mol. The number of sulfonamides is 1. The molecule has 132 valence electrons. The monoisotopic (exact) mass is 363 g/mol. The van der Waals surface area contributed by atoms with Gasteiger partial charge in [-0.15, -0.1) is 0 Å². The summed E-state index contributed by atoms with van der Waals surface area (Å²) in [6.07, 6.45) is 0. The third kappa shape index (κ3) is 4.36.